The number of anilines is 2. The average Bonchev–Trinajstić information content (AvgIpc) is 3.32. The van der Waals surface area contributed by atoms with Gasteiger partial charge in [-0.05, 0) is 48.9 Å². The number of thiazole rings is 1. The summed E-state index contributed by atoms with van der Waals surface area (Å²) in [6.07, 6.45) is 3.15. The Morgan fingerprint density at radius 3 is 2.87 bits per heavy atom. The lowest BCUT2D eigenvalue weighted by Crippen LogP contribution is -2.12. The van der Waals surface area contributed by atoms with Crippen LogP contribution in [-0.2, 0) is 12.8 Å². The van der Waals surface area contributed by atoms with E-state index in [1.54, 1.807) is 0 Å². The molecule has 0 aliphatic heterocycles. The standard InChI is InChI=1S/C22H19ClN4OS2/c1-11-2-7-16-13(8-11)9-15-18(24)19(30-21(15)25-16)20(28)27-22-26-17(10-29-22)12-3-5-14(23)6-4-12/h3-6,9-11H,2,7-8,24H2,1H3,(H,26,27,28). The fraction of sp³-hybridized carbons (Fsp3) is 0.227. The van der Waals surface area contributed by atoms with E-state index in [-0.39, 0.29) is 5.91 Å². The second-order valence-corrected chi connectivity index (χ2v) is 9.93. The molecule has 1 atom stereocenters. The van der Waals surface area contributed by atoms with E-state index in [0.29, 0.717) is 26.6 Å². The molecule has 3 N–H and O–H groups in total. The Bertz CT molecular complexity index is 1260. The molecule has 0 spiro atoms. The van der Waals surface area contributed by atoms with Crippen molar-refractivity contribution in [2.45, 2.75) is 26.2 Å². The van der Waals surface area contributed by atoms with E-state index in [2.05, 4.69) is 23.3 Å². The minimum atomic E-state index is -0.251. The molecule has 4 aromatic rings. The summed E-state index contributed by atoms with van der Waals surface area (Å²) >= 11 is 8.67. The maximum atomic E-state index is 12.9. The van der Waals surface area contributed by atoms with Crippen molar-refractivity contribution in [1.29, 1.82) is 0 Å². The molecule has 152 valence electrons. The van der Waals surface area contributed by atoms with Gasteiger partial charge in [0.2, 0.25) is 0 Å². The van der Waals surface area contributed by atoms with Crippen LogP contribution in [0.1, 0.15) is 34.3 Å². The monoisotopic (exact) mass is 454 g/mol. The average molecular weight is 455 g/mol. The van der Waals surface area contributed by atoms with Crippen molar-refractivity contribution in [3.05, 3.63) is 56.9 Å². The highest BCUT2D eigenvalue weighted by atomic mass is 35.5. The van der Waals surface area contributed by atoms with Gasteiger partial charge >= 0.3 is 0 Å². The quantitative estimate of drug-likeness (QED) is 0.395. The van der Waals surface area contributed by atoms with Crippen molar-refractivity contribution >= 4 is 61.2 Å². The maximum Gasteiger partial charge on any atom is 0.269 e. The number of rotatable bonds is 3. The Morgan fingerprint density at radius 1 is 1.27 bits per heavy atom. The zero-order valence-electron chi connectivity index (χ0n) is 16.2. The molecule has 3 aromatic heterocycles. The molecule has 5 nitrogen and oxygen atoms in total. The molecule has 0 saturated heterocycles. The number of nitrogens with one attached hydrogen (secondary N) is 1. The first kappa shape index (κ1) is 19.5. The van der Waals surface area contributed by atoms with E-state index in [1.807, 2.05) is 29.6 Å². The molecule has 1 aliphatic carbocycles. The summed E-state index contributed by atoms with van der Waals surface area (Å²) in [4.78, 5) is 23.5. The SMILES string of the molecule is CC1CCc2nc3sc(C(=O)Nc4nc(-c5ccc(Cl)cc5)cs4)c(N)c3cc2C1. The molecular weight excluding hydrogens is 436 g/mol. The lowest BCUT2D eigenvalue weighted by molar-refractivity contribution is 0.103. The summed E-state index contributed by atoms with van der Waals surface area (Å²) < 4.78 is 0. The zero-order chi connectivity index (χ0) is 20.8. The number of carbonyl (C=O) groups is 1. The third-order valence-corrected chi connectivity index (χ3v) is 7.53. The second-order valence-electron chi connectivity index (χ2n) is 7.64. The van der Waals surface area contributed by atoms with Gasteiger partial charge in [-0.25, -0.2) is 9.97 Å². The van der Waals surface area contributed by atoms with Gasteiger partial charge in [0.25, 0.3) is 5.91 Å². The van der Waals surface area contributed by atoms with Crippen molar-refractivity contribution in [1.82, 2.24) is 9.97 Å². The maximum absolute atomic E-state index is 12.9. The zero-order valence-corrected chi connectivity index (χ0v) is 18.6. The van der Waals surface area contributed by atoms with E-state index in [9.17, 15) is 4.79 Å². The number of halogens is 1. The van der Waals surface area contributed by atoms with Crippen LogP contribution in [0.5, 0.6) is 0 Å². The lowest BCUT2D eigenvalue weighted by Gasteiger charge is -2.20. The highest BCUT2D eigenvalue weighted by Gasteiger charge is 2.22. The van der Waals surface area contributed by atoms with Crippen LogP contribution in [0, 0.1) is 5.92 Å². The third kappa shape index (κ3) is 3.57. The summed E-state index contributed by atoms with van der Waals surface area (Å²) in [5, 5.41) is 6.87. The van der Waals surface area contributed by atoms with Gasteiger partial charge in [0.15, 0.2) is 5.13 Å². The number of hydrogen-bond donors (Lipinski definition) is 2. The van der Waals surface area contributed by atoms with Gasteiger partial charge in [-0.1, -0.05) is 30.7 Å². The topological polar surface area (TPSA) is 80.9 Å². The Morgan fingerprint density at radius 2 is 2.07 bits per heavy atom. The van der Waals surface area contributed by atoms with Gasteiger partial charge < -0.3 is 5.73 Å². The smallest absolute Gasteiger partial charge is 0.269 e. The molecule has 1 aliphatic rings. The van der Waals surface area contributed by atoms with Crippen LogP contribution in [0.25, 0.3) is 21.5 Å². The molecule has 1 amide bonds. The summed E-state index contributed by atoms with van der Waals surface area (Å²) in [5.74, 6) is 0.401. The third-order valence-electron chi connectivity index (χ3n) is 5.40. The van der Waals surface area contributed by atoms with Crippen molar-refractivity contribution in [2.75, 3.05) is 11.1 Å². The van der Waals surface area contributed by atoms with Gasteiger partial charge in [0.05, 0.1) is 11.4 Å². The van der Waals surface area contributed by atoms with Crippen LogP contribution in [-0.4, -0.2) is 15.9 Å². The molecule has 8 heteroatoms. The van der Waals surface area contributed by atoms with Gasteiger partial charge in [0.1, 0.15) is 9.71 Å². The van der Waals surface area contributed by atoms with E-state index in [0.717, 1.165) is 46.4 Å². The number of nitrogen functional groups attached to an aromatic ring is 1. The highest BCUT2D eigenvalue weighted by molar-refractivity contribution is 7.21. The number of aryl methyl sites for hydroxylation is 1. The molecule has 0 saturated carbocycles. The number of amides is 1. The molecular formula is C22H19ClN4OS2. The van der Waals surface area contributed by atoms with E-state index >= 15 is 0 Å². The van der Waals surface area contributed by atoms with Crippen molar-refractivity contribution in [3.8, 4) is 11.3 Å². The minimum Gasteiger partial charge on any atom is -0.397 e. The molecule has 0 radical (unpaired) electrons. The van der Waals surface area contributed by atoms with Crippen LogP contribution in [0.15, 0.2) is 35.7 Å². The first-order valence-electron chi connectivity index (χ1n) is 9.71. The molecule has 0 fully saturated rings. The fourth-order valence-corrected chi connectivity index (χ4v) is 5.61. The van der Waals surface area contributed by atoms with E-state index < -0.39 is 0 Å². The highest BCUT2D eigenvalue weighted by Crippen LogP contribution is 2.37. The Hall–Kier alpha value is -2.48. The number of benzene rings is 1. The van der Waals surface area contributed by atoms with Gasteiger partial charge in [-0.15, -0.1) is 22.7 Å². The second kappa shape index (κ2) is 7.65. The van der Waals surface area contributed by atoms with Crippen LogP contribution in [0.2, 0.25) is 5.02 Å². The van der Waals surface area contributed by atoms with Gasteiger partial charge in [-0.2, -0.15) is 0 Å². The Kier molecular flexibility index (Phi) is 4.97. The fourth-order valence-electron chi connectivity index (χ4n) is 3.78. The number of nitrogens with two attached hydrogens (primary N) is 1. The van der Waals surface area contributed by atoms with Crippen LogP contribution >= 0.6 is 34.3 Å². The molecule has 0 bridgehead atoms. The minimum absolute atomic E-state index is 0.251. The largest absolute Gasteiger partial charge is 0.397 e. The first-order chi connectivity index (χ1) is 14.5. The number of thiophene rings is 1. The number of nitrogens with zero attached hydrogens (tertiary/aromatic N) is 2. The predicted octanol–water partition coefficient (Wildman–Crippen LogP) is 6.03. The molecule has 1 aromatic carbocycles. The molecule has 5 rings (SSSR count). The van der Waals surface area contributed by atoms with Crippen molar-refractivity contribution in [2.24, 2.45) is 5.92 Å². The number of aromatic nitrogens is 2. The lowest BCUT2D eigenvalue weighted by atomic mass is 9.87. The van der Waals surface area contributed by atoms with Crippen molar-refractivity contribution in [3.63, 3.8) is 0 Å². The molecule has 1 unspecified atom stereocenters. The van der Waals surface area contributed by atoms with E-state index in [1.165, 1.54) is 28.2 Å². The van der Waals surface area contributed by atoms with Crippen molar-refractivity contribution < 1.29 is 4.79 Å². The number of pyridine rings is 1. The summed E-state index contributed by atoms with van der Waals surface area (Å²) in [7, 11) is 0. The first-order valence-corrected chi connectivity index (χ1v) is 11.8. The molecule has 3 heterocycles. The van der Waals surface area contributed by atoms with Crippen LogP contribution < -0.4 is 11.1 Å². The summed E-state index contributed by atoms with van der Waals surface area (Å²) in [6, 6.07) is 9.57. The summed E-state index contributed by atoms with van der Waals surface area (Å²) in [6.45, 7) is 2.26. The Labute approximate surface area is 186 Å². The number of hydrogen-bond acceptors (Lipinski definition) is 6. The normalized spacial score (nSPS) is 15.9. The van der Waals surface area contributed by atoms with Gasteiger partial charge in [0, 0.05) is 27.0 Å². The molecule has 30 heavy (non-hydrogen) atoms. The Balaban J connectivity index is 1.41. The number of fused-ring (bicyclic) bond motifs is 2. The van der Waals surface area contributed by atoms with E-state index in [4.69, 9.17) is 22.3 Å². The van der Waals surface area contributed by atoms with Gasteiger partial charge in [-0.3, -0.25) is 10.1 Å². The predicted molar refractivity (Wildman–Crippen MR) is 126 cm³/mol. The number of carbonyl (C=O) groups excluding carboxylic acids is 1. The summed E-state index contributed by atoms with van der Waals surface area (Å²) in [5.41, 5.74) is 11.0. The van der Waals surface area contributed by atoms with Crippen LogP contribution in [0.3, 0.4) is 0 Å². The van der Waals surface area contributed by atoms with Crippen LogP contribution in [0.4, 0.5) is 10.8 Å².